The lowest BCUT2D eigenvalue weighted by atomic mass is 10.1. The SMILES string of the molecule is O=C1CCCN(C(=O)c2cnccc2C(F)(F)F)C1. The van der Waals surface area contributed by atoms with Gasteiger partial charge in [-0.15, -0.1) is 0 Å². The van der Waals surface area contributed by atoms with Gasteiger partial charge in [0.15, 0.2) is 5.78 Å². The molecule has 0 unspecified atom stereocenters. The smallest absolute Gasteiger partial charge is 0.331 e. The Morgan fingerprint density at radius 1 is 1.37 bits per heavy atom. The van der Waals surface area contributed by atoms with Crippen molar-refractivity contribution in [2.24, 2.45) is 0 Å². The lowest BCUT2D eigenvalue weighted by Crippen LogP contribution is -2.40. The Labute approximate surface area is 107 Å². The Balaban J connectivity index is 2.31. The molecule has 0 bridgehead atoms. The summed E-state index contributed by atoms with van der Waals surface area (Å²) in [6.45, 7) is 0.155. The van der Waals surface area contributed by atoms with Gasteiger partial charge in [-0.25, -0.2) is 0 Å². The van der Waals surface area contributed by atoms with Gasteiger partial charge in [0.05, 0.1) is 17.7 Å². The van der Waals surface area contributed by atoms with Crippen LogP contribution < -0.4 is 0 Å². The molecule has 2 rings (SSSR count). The fourth-order valence-electron chi connectivity index (χ4n) is 1.99. The third-order valence-corrected chi connectivity index (χ3v) is 2.89. The number of pyridine rings is 1. The summed E-state index contributed by atoms with van der Waals surface area (Å²) >= 11 is 0. The molecule has 1 aromatic rings. The average Bonchev–Trinajstić information content (AvgIpc) is 2.37. The van der Waals surface area contributed by atoms with Crippen LogP contribution in [0.25, 0.3) is 0 Å². The van der Waals surface area contributed by atoms with Crippen LogP contribution in [0.1, 0.15) is 28.8 Å². The van der Waals surface area contributed by atoms with Gasteiger partial charge in [0.25, 0.3) is 5.91 Å². The number of hydrogen-bond acceptors (Lipinski definition) is 3. The van der Waals surface area contributed by atoms with E-state index >= 15 is 0 Å². The van der Waals surface area contributed by atoms with Gasteiger partial charge in [-0.05, 0) is 12.5 Å². The number of ketones is 1. The minimum Gasteiger partial charge on any atom is -0.331 e. The first kappa shape index (κ1) is 13.5. The van der Waals surface area contributed by atoms with Crippen LogP contribution >= 0.6 is 0 Å². The summed E-state index contributed by atoms with van der Waals surface area (Å²) in [5, 5.41) is 0. The van der Waals surface area contributed by atoms with Crippen molar-refractivity contribution in [3.63, 3.8) is 0 Å². The van der Waals surface area contributed by atoms with Gasteiger partial charge in [-0.2, -0.15) is 13.2 Å². The summed E-state index contributed by atoms with van der Waals surface area (Å²) in [5.74, 6) is -0.939. The van der Waals surface area contributed by atoms with Crippen LogP contribution in [0.15, 0.2) is 18.5 Å². The molecule has 1 aliphatic heterocycles. The number of piperidine rings is 1. The van der Waals surface area contributed by atoms with Crippen LogP contribution in [0.3, 0.4) is 0 Å². The summed E-state index contributed by atoms with van der Waals surface area (Å²) < 4.78 is 38.4. The van der Waals surface area contributed by atoms with Crippen molar-refractivity contribution in [2.45, 2.75) is 19.0 Å². The van der Waals surface area contributed by atoms with E-state index in [2.05, 4.69) is 4.98 Å². The number of aromatic nitrogens is 1. The minimum atomic E-state index is -4.62. The lowest BCUT2D eigenvalue weighted by molar-refractivity contribution is -0.138. The van der Waals surface area contributed by atoms with Crippen LogP contribution in [0, 0.1) is 0 Å². The number of rotatable bonds is 1. The zero-order valence-corrected chi connectivity index (χ0v) is 9.91. The first-order valence-electron chi connectivity index (χ1n) is 5.72. The number of carbonyl (C=O) groups excluding carboxylic acids is 2. The summed E-state index contributed by atoms with van der Waals surface area (Å²) in [6, 6.07) is 0.763. The van der Waals surface area contributed by atoms with Crippen LogP contribution in [-0.2, 0) is 11.0 Å². The predicted octanol–water partition coefficient (Wildman–Crippen LogP) is 1.91. The molecular weight excluding hydrogens is 261 g/mol. The van der Waals surface area contributed by atoms with Gasteiger partial charge in [-0.1, -0.05) is 0 Å². The molecule has 1 amide bonds. The Morgan fingerprint density at radius 2 is 2.11 bits per heavy atom. The first-order valence-corrected chi connectivity index (χ1v) is 5.72. The third kappa shape index (κ3) is 2.91. The van der Waals surface area contributed by atoms with Crippen LogP contribution in [0.5, 0.6) is 0 Å². The van der Waals surface area contributed by atoms with Crippen molar-refractivity contribution in [1.82, 2.24) is 9.88 Å². The van der Waals surface area contributed by atoms with Gasteiger partial charge in [0, 0.05) is 25.4 Å². The molecule has 102 valence electrons. The summed E-state index contributed by atoms with van der Waals surface area (Å²) in [4.78, 5) is 28.0. The van der Waals surface area contributed by atoms with Crippen molar-refractivity contribution in [3.05, 3.63) is 29.6 Å². The number of likely N-dealkylation sites (tertiary alicyclic amines) is 1. The second kappa shape index (κ2) is 4.99. The zero-order valence-electron chi connectivity index (χ0n) is 9.91. The fraction of sp³-hybridized carbons (Fsp3) is 0.417. The number of Topliss-reactive ketones (excluding diaryl/α,β-unsaturated/α-hetero) is 1. The van der Waals surface area contributed by atoms with Gasteiger partial charge in [-0.3, -0.25) is 14.6 Å². The van der Waals surface area contributed by atoms with E-state index in [0.29, 0.717) is 12.8 Å². The maximum absolute atomic E-state index is 12.8. The molecule has 0 atom stereocenters. The third-order valence-electron chi connectivity index (χ3n) is 2.89. The zero-order chi connectivity index (χ0) is 14.0. The van der Waals surface area contributed by atoms with E-state index in [1.807, 2.05) is 0 Å². The molecule has 1 saturated heterocycles. The number of carbonyl (C=O) groups is 2. The van der Waals surface area contributed by atoms with E-state index in [4.69, 9.17) is 0 Å². The molecule has 0 radical (unpaired) electrons. The fourth-order valence-corrected chi connectivity index (χ4v) is 1.99. The Kier molecular flexibility index (Phi) is 3.55. The summed E-state index contributed by atoms with van der Waals surface area (Å²) in [5.41, 5.74) is -1.53. The van der Waals surface area contributed by atoms with E-state index in [9.17, 15) is 22.8 Å². The minimum absolute atomic E-state index is 0.134. The summed E-state index contributed by atoms with van der Waals surface area (Å²) in [6.07, 6.45) is -1.89. The molecule has 4 nitrogen and oxygen atoms in total. The second-order valence-corrected chi connectivity index (χ2v) is 4.29. The normalized spacial score (nSPS) is 16.6. The van der Waals surface area contributed by atoms with Gasteiger partial charge in [0.1, 0.15) is 0 Å². The Morgan fingerprint density at radius 3 is 2.74 bits per heavy atom. The van der Waals surface area contributed by atoms with Gasteiger partial charge < -0.3 is 4.90 Å². The highest BCUT2D eigenvalue weighted by atomic mass is 19.4. The molecular formula is C12H11F3N2O2. The van der Waals surface area contributed by atoms with E-state index in [1.165, 1.54) is 0 Å². The van der Waals surface area contributed by atoms with Crippen LogP contribution in [0.4, 0.5) is 13.2 Å². The average molecular weight is 272 g/mol. The maximum atomic E-state index is 12.8. The topological polar surface area (TPSA) is 50.3 Å². The highest BCUT2D eigenvalue weighted by Crippen LogP contribution is 2.32. The van der Waals surface area contributed by atoms with Crippen molar-refractivity contribution in [2.75, 3.05) is 13.1 Å². The van der Waals surface area contributed by atoms with Crippen molar-refractivity contribution in [3.8, 4) is 0 Å². The molecule has 0 N–H and O–H groups in total. The van der Waals surface area contributed by atoms with Crippen molar-refractivity contribution in [1.29, 1.82) is 0 Å². The Bertz CT molecular complexity index is 514. The highest BCUT2D eigenvalue weighted by Gasteiger charge is 2.36. The maximum Gasteiger partial charge on any atom is 0.417 e. The number of nitrogens with zero attached hydrogens (tertiary/aromatic N) is 2. The number of amides is 1. The quantitative estimate of drug-likeness (QED) is 0.784. The molecule has 7 heteroatoms. The molecule has 1 aromatic heterocycles. The standard InChI is InChI=1S/C12H11F3N2O2/c13-12(14,15)10-3-4-16-6-9(10)11(19)17-5-1-2-8(18)7-17/h3-4,6H,1-2,5,7H2. The lowest BCUT2D eigenvalue weighted by Gasteiger charge is -2.26. The molecule has 1 fully saturated rings. The molecule has 0 aromatic carbocycles. The molecule has 19 heavy (non-hydrogen) atoms. The van der Waals surface area contributed by atoms with Gasteiger partial charge >= 0.3 is 6.18 Å². The number of halogens is 3. The van der Waals surface area contributed by atoms with Gasteiger partial charge in [0.2, 0.25) is 0 Å². The van der Waals surface area contributed by atoms with Crippen LogP contribution in [-0.4, -0.2) is 34.7 Å². The highest BCUT2D eigenvalue weighted by molar-refractivity contribution is 5.98. The first-order chi connectivity index (χ1) is 8.89. The monoisotopic (exact) mass is 272 g/mol. The summed E-state index contributed by atoms with van der Waals surface area (Å²) in [7, 11) is 0. The van der Waals surface area contributed by atoms with E-state index < -0.39 is 23.2 Å². The Hall–Kier alpha value is -1.92. The molecule has 2 heterocycles. The molecule has 0 saturated carbocycles. The number of alkyl halides is 3. The van der Waals surface area contributed by atoms with E-state index in [0.717, 1.165) is 23.4 Å². The van der Waals surface area contributed by atoms with Crippen molar-refractivity contribution >= 4 is 11.7 Å². The number of hydrogen-bond donors (Lipinski definition) is 0. The second-order valence-electron chi connectivity index (χ2n) is 4.29. The predicted molar refractivity (Wildman–Crippen MR) is 59.4 cm³/mol. The van der Waals surface area contributed by atoms with Crippen molar-refractivity contribution < 1.29 is 22.8 Å². The van der Waals surface area contributed by atoms with Crippen LogP contribution in [0.2, 0.25) is 0 Å². The largest absolute Gasteiger partial charge is 0.417 e. The molecule has 1 aliphatic rings. The molecule has 0 aliphatic carbocycles. The molecule has 0 spiro atoms. The van der Waals surface area contributed by atoms with E-state index in [1.54, 1.807) is 0 Å². The van der Waals surface area contributed by atoms with E-state index in [-0.39, 0.29) is 18.9 Å².